The summed E-state index contributed by atoms with van der Waals surface area (Å²) in [6.45, 7) is 0.709. The molecule has 1 rings (SSSR count). The van der Waals surface area contributed by atoms with Gasteiger partial charge in [-0.2, -0.15) is 8.78 Å². The molecule has 60 valence electrons. The lowest BCUT2D eigenvalue weighted by Crippen LogP contribution is -2.09. The van der Waals surface area contributed by atoms with Gasteiger partial charge in [-0.15, -0.1) is 0 Å². The standard InChI is InChI=1S/C6H6F2N2O/c1-6(7,8)5-9-2-4(3-11)10-5/h2-3H,1H3,(H,9,10). The smallest absolute Gasteiger partial charge is 0.301 e. The monoisotopic (exact) mass is 160 g/mol. The quantitative estimate of drug-likeness (QED) is 0.663. The lowest BCUT2D eigenvalue weighted by molar-refractivity contribution is 0.00855. The molecule has 0 aliphatic carbocycles. The van der Waals surface area contributed by atoms with Crippen LogP contribution < -0.4 is 0 Å². The molecule has 0 unspecified atom stereocenters. The molecule has 0 radical (unpaired) electrons. The van der Waals surface area contributed by atoms with Crippen LogP contribution in [0, 0.1) is 0 Å². The van der Waals surface area contributed by atoms with Gasteiger partial charge in [0.05, 0.1) is 11.9 Å². The third-order valence-electron chi connectivity index (χ3n) is 1.14. The molecule has 1 heterocycles. The van der Waals surface area contributed by atoms with E-state index in [9.17, 15) is 13.6 Å². The maximum atomic E-state index is 12.4. The van der Waals surface area contributed by atoms with Crippen molar-refractivity contribution in [1.29, 1.82) is 0 Å². The summed E-state index contributed by atoms with van der Waals surface area (Å²) in [4.78, 5) is 15.5. The van der Waals surface area contributed by atoms with E-state index in [2.05, 4.69) is 9.97 Å². The molecule has 0 spiro atoms. The first-order valence-corrected chi connectivity index (χ1v) is 2.92. The maximum absolute atomic E-state index is 12.4. The SMILES string of the molecule is CC(F)(F)c1ncc(C=O)[nH]1. The number of carbonyl (C=O) groups is 1. The Bertz CT molecular complexity index is 264. The number of halogens is 2. The highest BCUT2D eigenvalue weighted by Crippen LogP contribution is 2.23. The number of nitrogens with one attached hydrogen (secondary N) is 1. The van der Waals surface area contributed by atoms with E-state index in [0.717, 1.165) is 6.20 Å². The zero-order valence-corrected chi connectivity index (χ0v) is 5.77. The molecule has 3 nitrogen and oxygen atoms in total. The normalized spacial score (nSPS) is 11.5. The van der Waals surface area contributed by atoms with Crippen molar-refractivity contribution in [2.24, 2.45) is 0 Å². The largest absolute Gasteiger partial charge is 0.335 e. The second-order valence-electron chi connectivity index (χ2n) is 2.19. The van der Waals surface area contributed by atoms with Crippen molar-refractivity contribution in [3.63, 3.8) is 0 Å². The predicted molar refractivity (Wildman–Crippen MR) is 33.5 cm³/mol. The van der Waals surface area contributed by atoms with Crippen LogP contribution in [0.4, 0.5) is 8.78 Å². The van der Waals surface area contributed by atoms with E-state index in [4.69, 9.17) is 0 Å². The number of nitrogens with zero attached hydrogens (tertiary/aromatic N) is 1. The molecule has 1 aromatic heterocycles. The number of alkyl halides is 2. The van der Waals surface area contributed by atoms with Gasteiger partial charge >= 0.3 is 5.92 Å². The molecule has 1 N–H and O–H groups in total. The molecule has 1 aromatic rings. The molecule has 0 aromatic carbocycles. The van der Waals surface area contributed by atoms with Gasteiger partial charge in [0.25, 0.3) is 0 Å². The van der Waals surface area contributed by atoms with Crippen molar-refractivity contribution in [1.82, 2.24) is 9.97 Å². The minimum atomic E-state index is -3.01. The van der Waals surface area contributed by atoms with Crippen LogP contribution in [0.15, 0.2) is 6.20 Å². The van der Waals surface area contributed by atoms with Crippen LogP contribution in [0.3, 0.4) is 0 Å². The van der Waals surface area contributed by atoms with Crippen molar-refractivity contribution < 1.29 is 13.6 Å². The fourth-order valence-corrected chi connectivity index (χ4v) is 0.618. The van der Waals surface area contributed by atoms with Crippen LogP contribution >= 0.6 is 0 Å². The van der Waals surface area contributed by atoms with Crippen molar-refractivity contribution in [3.05, 3.63) is 17.7 Å². The van der Waals surface area contributed by atoms with Crippen LogP contribution in [0.2, 0.25) is 0 Å². The van der Waals surface area contributed by atoms with Gasteiger partial charge < -0.3 is 4.98 Å². The molecule has 0 saturated heterocycles. The summed E-state index contributed by atoms with van der Waals surface area (Å²) in [6.07, 6.45) is 1.50. The molecule has 11 heavy (non-hydrogen) atoms. The van der Waals surface area contributed by atoms with Gasteiger partial charge in [-0.05, 0) is 0 Å². The van der Waals surface area contributed by atoms with Crippen molar-refractivity contribution in [3.8, 4) is 0 Å². The van der Waals surface area contributed by atoms with Gasteiger partial charge in [0.15, 0.2) is 12.1 Å². The Balaban J connectivity index is 2.98. The summed E-state index contributed by atoms with van der Waals surface area (Å²) >= 11 is 0. The van der Waals surface area contributed by atoms with E-state index in [0.29, 0.717) is 13.2 Å². The summed E-state index contributed by atoms with van der Waals surface area (Å²) in [7, 11) is 0. The van der Waals surface area contributed by atoms with E-state index < -0.39 is 11.7 Å². The van der Waals surface area contributed by atoms with Gasteiger partial charge in [-0.1, -0.05) is 0 Å². The second kappa shape index (κ2) is 2.41. The Morgan fingerprint density at radius 1 is 1.73 bits per heavy atom. The Morgan fingerprint density at radius 3 is 2.64 bits per heavy atom. The zero-order valence-electron chi connectivity index (χ0n) is 5.77. The van der Waals surface area contributed by atoms with Crippen LogP contribution in [0.5, 0.6) is 0 Å². The molecular weight excluding hydrogens is 154 g/mol. The number of hydrogen-bond donors (Lipinski definition) is 1. The average Bonchev–Trinajstić information content (AvgIpc) is 2.32. The molecule has 0 aliphatic rings. The number of aromatic amines is 1. The van der Waals surface area contributed by atoms with Crippen molar-refractivity contribution in [2.45, 2.75) is 12.8 Å². The second-order valence-corrected chi connectivity index (χ2v) is 2.19. The third kappa shape index (κ3) is 1.60. The van der Waals surface area contributed by atoms with Crippen LogP contribution in [0.1, 0.15) is 23.2 Å². The number of aldehydes is 1. The van der Waals surface area contributed by atoms with E-state index in [1.54, 1.807) is 0 Å². The van der Waals surface area contributed by atoms with Gasteiger partial charge in [0, 0.05) is 6.92 Å². The van der Waals surface area contributed by atoms with E-state index >= 15 is 0 Å². The van der Waals surface area contributed by atoms with E-state index in [1.165, 1.54) is 0 Å². The molecule has 0 aliphatic heterocycles. The van der Waals surface area contributed by atoms with Crippen LogP contribution in [-0.2, 0) is 5.92 Å². The summed E-state index contributed by atoms with van der Waals surface area (Å²) in [5, 5.41) is 0. The lowest BCUT2D eigenvalue weighted by atomic mass is 10.4. The Hall–Kier alpha value is -1.26. The molecule has 0 amide bonds. The lowest BCUT2D eigenvalue weighted by Gasteiger charge is -2.03. The van der Waals surface area contributed by atoms with Crippen molar-refractivity contribution >= 4 is 6.29 Å². The Kier molecular flexibility index (Phi) is 1.72. The minimum absolute atomic E-state index is 0.0570. The highest BCUT2D eigenvalue weighted by molar-refractivity contribution is 5.71. The Labute approximate surface area is 61.4 Å². The summed E-state index contributed by atoms with van der Waals surface area (Å²) < 4.78 is 24.8. The maximum Gasteiger partial charge on any atom is 0.301 e. The average molecular weight is 160 g/mol. The van der Waals surface area contributed by atoms with Crippen molar-refractivity contribution in [2.75, 3.05) is 0 Å². The summed E-state index contributed by atoms with van der Waals surface area (Å²) in [5.41, 5.74) is 0.0570. The number of hydrogen-bond acceptors (Lipinski definition) is 2. The van der Waals surface area contributed by atoms with Crippen LogP contribution in [0.25, 0.3) is 0 Å². The molecule has 0 saturated carbocycles. The molecule has 5 heteroatoms. The number of rotatable bonds is 2. The first kappa shape index (κ1) is 7.84. The fourth-order valence-electron chi connectivity index (χ4n) is 0.618. The topological polar surface area (TPSA) is 45.8 Å². The van der Waals surface area contributed by atoms with Crippen LogP contribution in [-0.4, -0.2) is 16.3 Å². The van der Waals surface area contributed by atoms with Gasteiger partial charge in [-0.3, -0.25) is 4.79 Å². The minimum Gasteiger partial charge on any atom is -0.335 e. The van der Waals surface area contributed by atoms with Gasteiger partial charge in [-0.25, -0.2) is 4.98 Å². The molecule has 0 atom stereocenters. The molecule has 0 bridgehead atoms. The number of H-pyrrole nitrogens is 1. The molecule has 0 fully saturated rings. The predicted octanol–water partition coefficient (Wildman–Crippen LogP) is 1.33. The number of aromatic nitrogens is 2. The first-order chi connectivity index (χ1) is 5.04. The van der Waals surface area contributed by atoms with Gasteiger partial charge in [0.1, 0.15) is 0 Å². The third-order valence-corrected chi connectivity index (χ3v) is 1.14. The number of imidazole rings is 1. The van der Waals surface area contributed by atoms with E-state index in [-0.39, 0.29) is 5.69 Å². The highest BCUT2D eigenvalue weighted by Gasteiger charge is 2.27. The van der Waals surface area contributed by atoms with Gasteiger partial charge in [0.2, 0.25) is 0 Å². The summed E-state index contributed by atoms with van der Waals surface area (Å²) in [6, 6.07) is 0. The number of carbonyl (C=O) groups excluding carboxylic acids is 1. The van der Waals surface area contributed by atoms with E-state index in [1.807, 2.05) is 0 Å². The zero-order chi connectivity index (χ0) is 8.48. The molecular formula is C6H6F2N2O. The highest BCUT2D eigenvalue weighted by atomic mass is 19.3. The fraction of sp³-hybridized carbons (Fsp3) is 0.333. The Morgan fingerprint density at radius 2 is 2.36 bits per heavy atom. The summed E-state index contributed by atoms with van der Waals surface area (Å²) in [5.74, 6) is -3.50. The first-order valence-electron chi connectivity index (χ1n) is 2.92.